The van der Waals surface area contributed by atoms with Gasteiger partial charge in [-0.3, -0.25) is 9.89 Å². The van der Waals surface area contributed by atoms with E-state index in [1.165, 1.54) is 0 Å². The lowest BCUT2D eigenvalue weighted by atomic mass is 9.87. The lowest BCUT2D eigenvalue weighted by Gasteiger charge is -2.25. The van der Waals surface area contributed by atoms with Crippen LogP contribution in [0.1, 0.15) is 36.2 Å². The number of nitrogens with one attached hydrogen (secondary N) is 2. The largest absolute Gasteiger partial charge is 0.494 e. The number of benzene rings is 1. The van der Waals surface area contributed by atoms with E-state index in [9.17, 15) is 4.79 Å². The fourth-order valence-corrected chi connectivity index (χ4v) is 2.83. The van der Waals surface area contributed by atoms with Gasteiger partial charge in [0.15, 0.2) is 0 Å². The first-order chi connectivity index (χ1) is 10.1. The van der Waals surface area contributed by atoms with Gasteiger partial charge in [-0.25, -0.2) is 0 Å². The number of ether oxygens (including phenoxy) is 1. The van der Waals surface area contributed by atoms with Gasteiger partial charge in [0, 0.05) is 24.1 Å². The Morgan fingerprint density at radius 1 is 1.48 bits per heavy atom. The van der Waals surface area contributed by atoms with Gasteiger partial charge in [0.05, 0.1) is 23.0 Å². The summed E-state index contributed by atoms with van der Waals surface area (Å²) in [6.07, 6.45) is 0.338. The number of halogens is 1. The Balaban J connectivity index is 2.05. The van der Waals surface area contributed by atoms with Crippen molar-refractivity contribution in [2.45, 2.75) is 26.2 Å². The fraction of sp³-hybridized carbons (Fsp3) is 0.333. The molecule has 2 heterocycles. The minimum atomic E-state index is -0.137. The minimum absolute atomic E-state index is 0.0436. The van der Waals surface area contributed by atoms with E-state index in [1.54, 1.807) is 0 Å². The maximum atomic E-state index is 12.0. The van der Waals surface area contributed by atoms with Crippen molar-refractivity contribution in [1.29, 1.82) is 0 Å². The number of aryl methyl sites for hydroxylation is 1. The van der Waals surface area contributed by atoms with Gasteiger partial charge in [-0.1, -0.05) is 17.7 Å². The van der Waals surface area contributed by atoms with Crippen LogP contribution in [0.3, 0.4) is 0 Å². The highest BCUT2D eigenvalue weighted by Gasteiger charge is 2.30. The minimum Gasteiger partial charge on any atom is -0.494 e. The number of H-pyrrole nitrogens is 1. The van der Waals surface area contributed by atoms with Crippen LogP contribution in [-0.2, 0) is 4.79 Å². The summed E-state index contributed by atoms with van der Waals surface area (Å²) in [6, 6.07) is 5.71. The lowest BCUT2D eigenvalue weighted by molar-refractivity contribution is -0.116. The van der Waals surface area contributed by atoms with Crippen molar-refractivity contribution in [2.75, 3.05) is 11.9 Å². The molecule has 21 heavy (non-hydrogen) atoms. The Labute approximate surface area is 127 Å². The fourth-order valence-electron chi connectivity index (χ4n) is 2.61. The number of aromatic nitrogens is 2. The Bertz CT molecular complexity index is 696. The summed E-state index contributed by atoms with van der Waals surface area (Å²) >= 11 is 6.29. The number of rotatable bonds is 3. The number of hydrogen-bond acceptors (Lipinski definition) is 3. The van der Waals surface area contributed by atoms with Crippen LogP contribution in [0.15, 0.2) is 18.2 Å². The average Bonchev–Trinajstić information content (AvgIpc) is 2.78. The summed E-state index contributed by atoms with van der Waals surface area (Å²) in [5.41, 5.74) is 3.30. The summed E-state index contributed by atoms with van der Waals surface area (Å²) in [7, 11) is 0. The smallest absolute Gasteiger partial charge is 0.225 e. The van der Waals surface area contributed by atoms with Crippen LogP contribution in [0, 0.1) is 6.92 Å². The molecule has 1 atom stereocenters. The van der Waals surface area contributed by atoms with E-state index >= 15 is 0 Å². The molecule has 0 fully saturated rings. The zero-order chi connectivity index (χ0) is 15.0. The van der Waals surface area contributed by atoms with Crippen molar-refractivity contribution >= 4 is 23.2 Å². The van der Waals surface area contributed by atoms with Crippen LogP contribution in [0.25, 0.3) is 0 Å². The first-order valence-corrected chi connectivity index (χ1v) is 7.25. The number of fused-ring (bicyclic) bond motifs is 1. The molecule has 5 nitrogen and oxygen atoms in total. The molecule has 110 valence electrons. The highest BCUT2D eigenvalue weighted by molar-refractivity contribution is 6.32. The Morgan fingerprint density at radius 2 is 2.29 bits per heavy atom. The van der Waals surface area contributed by atoms with Crippen molar-refractivity contribution in [3.05, 3.63) is 40.2 Å². The predicted molar refractivity (Wildman–Crippen MR) is 81.0 cm³/mol. The third-order valence-corrected chi connectivity index (χ3v) is 4.08. The zero-order valence-corrected chi connectivity index (χ0v) is 12.6. The van der Waals surface area contributed by atoms with Crippen LogP contribution in [0.5, 0.6) is 5.75 Å². The van der Waals surface area contributed by atoms with E-state index in [0.717, 1.165) is 28.4 Å². The molecule has 1 aromatic carbocycles. The van der Waals surface area contributed by atoms with E-state index in [1.807, 2.05) is 32.0 Å². The van der Waals surface area contributed by atoms with E-state index < -0.39 is 0 Å². The quantitative estimate of drug-likeness (QED) is 0.914. The number of hydrogen-bond donors (Lipinski definition) is 2. The van der Waals surface area contributed by atoms with Crippen molar-refractivity contribution < 1.29 is 9.53 Å². The maximum Gasteiger partial charge on any atom is 0.225 e. The molecule has 6 heteroatoms. The Hall–Kier alpha value is -2.01. The molecule has 0 saturated heterocycles. The van der Waals surface area contributed by atoms with Crippen LogP contribution < -0.4 is 10.1 Å². The SMILES string of the molecule is CCOc1ccc2c(c1)NC(=O)C[C@H]2c1n[nH]c(C)c1Cl. The molecule has 1 aliphatic heterocycles. The predicted octanol–water partition coefficient (Wildman–Crippen LogP) is 3.24. The summed E-state index contributed by atoms with van der Waals surface area (Å²) in [4.78, 5) is 12.0. The number of anilines is 1. The van der Waals surface area contributed by atoms with Crippen LogP contribution in [0.2, 0.25) is 5.02 Å². The van der Waals surface area contributed by atoms with Crippen LogP contribution >= 0.6 is 11.6 Å². The van der Waals surface area contributed by atoms with Crippen molar-refractivity contribution in [2.24, 2.45) is 0 Å². The molecule has 0 saturated carbocycles. The molecule has 1 aliphatic rings. The molecule has 0 aliphatic carbocycles. The molecule has 0 spiro atoms. The van der Waals surface area contributed by atoms with Gasteiger partial charge in [0.25, 0.3) is 0 Å². The van der Waals surface area contributed by atoms with Crippen molar-refractivity contribution in [1.82, 2.24) is 10.2 Å². The van der Waals surface area contributed by atoms with Gasteiger partial charge in [-0.05, 0) is 25.5 Å². The summed E-state index contributed by atoms with van der Waals surface area (Å²) in [6.45, 7) is 4.37. The highest BCUT2D eigenvalue weighted by Crippen LogP contribution is 2.40. The third kappa shape index (κ3) is 2.49. The normalized spacial score (nSPS) is 17.3. The molecule has 1 aromatic heterocycles. The van der Waals surface area contributed by atoms with Crippen LogP contribution in [0.4, 0.5) is 5.69 Å². The second-order valence-corrected chi connectivity index (χ2v) is 5.41. The summed E-state index contributed by atoms with van der Waals surface area (Å²) in [5.74, 6) is 0.557. The van der Waals surface area contributed by atoms with E-state index in [2.05, 4.69) is 15.5 Å². The maximum absolute atomic E-state index is 12.0. The van der Waals surface area contributed by atoms with Gasteiger partial charge in [0.1, 0.15) is 5.75 Å². The van der Waals surface area contributed by atoms with Crippen LogP contribution in [-0.4, -0.2) is 22.7 Å². The second kappa shape index (κ2) is 5.41. The first-order valence-electron chi connectivity index (χ1n) is 6.87. The molecular weight excluding hydrogens is 290 g/mol. The Morgan fingerprint density at radius 3 is 2.95 bits per heavy atom. The number of carbonyl (C=O) groups excluding carboxylic acids is 1. The van der Waals surface area contributed by atoms with E-state index in [-0.39, 0.29) is 11.8 Å². The summed E-state index contributed by atoms with van der Waals surface area (Å²) in [5, 5.41) is 10.6. The standard InChI is InChI=1S/C15H16ClN3O2/c1-3-21-9-4-5-10-11(7-13(20)17-12(10)6-9)15-14(16)8(2)18-19-15/h4-6,11H,3,7H2,1-2H3,(H,17,20)(H,18,19)/t11-/m1/s1. The highest BCUT2D eigenvalue weighted by atomic mass is 35.5. The van der Waals surface area contributed by atoms with Gasteiger partial charge in [-0.2, -0.15) is 5.10 Å². The second-order valence-electron chi connectivity index (χ2n) is 5.03. The molecule has 2 aromatic rings. The molecule has 0 bridgehead atoms. The monoisotopic (exact) mass is 305 g/mol. The van der Waals surface area contributed by atoms with E-state index in [0.29, 0.717) is 18.1 Å². The molecule has 3 rings (SSSR count). The van der Waals surface area contributed by atoms with Gasteiger partial charge < -0.3 is 10.1 Å². The van der Waals surface area contributed by atoms with Crippen molar-refractivity contribution in [3.8, 4) is 5.75 Å². The Kier molecular flexibility index (Phi) is 3.59. The molecule has 1 amide bonds. The number of aromatic amines is 1. The first kappa shape index (κ1) is 13.9. The summed E-state index contributed by atoms with van der Waals surface area (Å²) < 4.78 is 5.48. The topological polar surface area (TPSA) is 67.0 Å². The van der Waals surface area contributed by atoms with Crippen molar-refractivity contribution in [3.63, 3.8) is 0 Å². The molecule has 0 radical (unpaired) electrons. The van der Waals surface area contributed by atoms with E-state index in [4.69, 9.17) is 16.3 Å². The number of nitrogens with zero attached hydrogens (tertiary/aromatic N) is 1. The molecule has 2 N–H and O–H groups in total. The average molecular weight is 306 g/mol. The zero-order valence-electron chi connectivity index (χ0n) is 11.9. The van der Waals surface area contributed by atoms with Gasteiger partial charge in [-0.15, -0.1) is 0 Å². The third-order valence-electron chi connectivity index (χ3n) is 3.60. The number of carbonyl (C=O) groups is 1. The molecule has 0 unspecified atom stereocenters. The number of amides is 1. The van der Waals surface area contributed by atoms with Gasteiger partial charge in [0.2, 0.25) is 5.91 Å². The van der Waals surface area contributed by atoms with Gasteiger partial charge >= 0.3 is 0 Å². The lowest BCUT2D eigenvalue weighted by Crippen LogP contribution is -2.24. The molecular formula is C15H16ClN3O2.